The number of anilines is 1. The molecule has 3 aromatic rings. The van der Waals surface area contributed by atoms with Crippen molar-refractivity contribution >= 4 is 22.2 Å². The van der Waals surface area contributed by atoms with Crippen LogP contribution in [0.15, 0.2) is 60.7 Å². The first-order chi connectivity index (χ1) is 15.7. The van der Waals surface area contributed by atoms with Gasteiger partial charge >= 0.3 is 0 Å². The van der Waals surface area contributed by atoms with E-state index < -0.39 is 0 Å². The van der Waals surface area contributed by atoms with Gasteiger partial charge in [-0.1, -0.05) is 68.4 Å². The summed E-state index contributed by atoms with van der Waals surface area (Å²) in [7, 11) is 0. The summed E-state index contributed by atoms with van der Waals surface area (Å²) in [6.45, 7) is 9.78. The molecule has 1 aliphatic carbocycles. The summed E-state index contributed by atoms with van der Waals surface area (Å²) >= 11 is 0. The second-order valence-electron chi connectivity index (χ2n) is 9.40. The summed E-state index contributed by atoms with van der Waals surface area (Å²) < 4.78 is 0. The van der Waals surface area contributed by atoms with Crippen LogP contribution in [0.4, 0.5) is 5.69 Å². The van der Waals surface area contributed by atoms with Crippen LogP contribution in [-0.2, 0) is 11.8 Å². The van der Waals surface area contributed by atoms with Crippen molar-refractivity contribution in [2.24, 2.45) is 0 Å². The molecule has 0 radical (unpaired) electrons. The molecule has 3 aromatic carbocycles. The van der Waals surface area contributed by atoms with E-state index >= 15 is 0 Å². The molecule has 3 nitrogen and oxygen atoms in total. The number of ketones is 1. The van der Waals surface area contributed by atoms with Gasteiger partial charge in [-0.15, -0.1) is 0 Å². The Balaban J connectivity index is 1.39. The van der Waals surface area contributed by atoms with E-state index in [-0.39, 0.29) is 5.41 Å². The van der Waals surface area contributed by atoms with E-state index in [2.05, 4.69) is 78.2 Å². The normalized spacial score (nSPS) is 18.3. The SMILES string of the molecule is CCC1(CC)C(=O)c2cccc3c(N4CCCN(CCc5ccccc5)CC4)ccc1c23. The molecule has 3 heteroatoms. The van der Waals surface area contributed by atoms with Crippen LogP contribution in [-0.4, -0.2) is 43.4 Å². The number of hydrogen-bond donors (Lipinski definition) is 0. The summed E-state index contributed by atoms with van der Waals surface area (Å²) in [4.78, 5) is 18.6. The lowest BCUT2D eigenvalue weighted by Gasteiger charge is -2.28. The first-order valence-corrected chi connectivity index (χ1v) is 12.3. The van der Waals surface area contributed by atoms with Crippen molar-refractivity contribution in [1.29, 1.82) is 0 Å². The maximum absolute atomic E-state index is 13.4. The highest BCUT2D eigenvalue weighted by molar-refractivity contribution is 6.22. The Morgan fingerprint density at radius 1 is 0.844 bits per heavy atom. The lowest BCUT2D eigenvalue weighted by atomic mass is 9.75. The van der Waals surface area contributed by atoms with E-state index in [1.807, 2.05) is 6.07 Å². The van der Waals surface area contributed by atoms with Gasteiger partial charge in [-0.25, -0.2) is 0 Å². The van der Waals surface area contributed by atoms with E-state index in [1.54, 1.807) is 0 Å². The van der Waals surface area contributed by atoms with E-state index in [1.165, 1.54) is 34.0 Å². The van der Waals surface area contributed by atoms with Crippen LogP contribution in [0.2, 0.25) is 0 Å². The van der Waals surface area contributed by atoms with Crippen molar-refractivity contribution in [3.8, 4) is 0 Å². The van der Waals surface area contributed by atoms with E-state index in [0.717, 1.165) is 57.5 Å². The molecule has 166 valence electrons. The quantitative estimate of drug-likeness (QED) is 0.494. The van der Waals surface area contributed by atoms with Crippen LogP contribution in [0.3, 0.4) is 0 Å². The van der Waals surface area contributed by atoms with Crippen LogP contribution in [0.25, 0.3) is 10.8 Å². The minimum atomic E-state index is -0.340. The number of carbonyl (C=O) groups is 1. The average Bonchev–Trinajstić information content (AvgIpc) is 2.97. The third-order valence-corrected chi connectivity index (χ3v) is 7.91. The van der Waals surface area contributed by atoms with Crippen molar-refractivity contribution in [3.63, 3.8) is 0 Å². The van der Waals surface area contributed by atoms with Crippen LogP contribution < -0.4 is 4.90 Å². The molecule has 1 fully saturated rings. The monoisotopic (exact) mass is 426 g/mol. The van der Waals surface area contributed by atoms with Crippen molar-refractivity contribution in [3.05, 3.63) is 77.4 Å². The number of benzene rings is 3. The molecule has 32 heavy (non-hydrogen) atoms. The molecule has 0 aromatic heterocycles. The van der Waals surface area contributed by atoms with Crippen molar-refractivity contribution in [2.75, 3.05) is 37.6 Å². The van der Waals surface area contributed by atoms with Crippen LogP contribution in [0.1, 0.15) is 54.6 Å². The first-order valence-electron chi connectivity index (χ1n) is 12.3. The summed E-state index contributed by atoms with van der Waals surface area (Å²) in [5, 5.41) is 2.47. The van der Waals surface area contributed by atoms with Crippen LogP contribution in [0.5, 0.6) is 0 Å². The molecule has 2 aliphatic rings. The van der Waals surface area contributed by atoms with E-state index in [0.29, 0.717) is 5.78 Å². The van der Waals surface area contributed by atoms with Crippen molar-refractivity contribution < 1.29 is 4.79 Å². The second kappa shape index (κ2) is 8.71. The van der Waals surface area contributed by atoms with Crippen LogP contribution >= 0.6 is 0 Å². The largest absolute Gasteiger partial charge is 0.370 e. The molecular weight excluding hydrogens is 392 g/mol. The lowest BCUT2D eigenvalue weighted by molar-refractivity contribution is 0.0886. The molecule has 0 bridgehead atoms. The molecule has 0 saturated carbocycles. The maximum Gasteiger partial charge on any atom is 0.174 e. The fourth-order valence-corrected chi connectivity index (χ4v) is 5.95. The smallest absolute Gasteiger partial charge is 0.174 e. The molecule has 0 spiro atoms. The highest BCUT2D eigenvalue weighted by Crippen LogP contribution is 2.48. The Morgan fingerprint density at radius 2 is 1.66 bits per heavy atom. The summed E-state index contributed by atoms with van der Waals surface area (Å²) in [6, 6.07) is 21.7. The first kappa shape index (κ1) is 21.2. The standard InChI is InChI=1S/C29H34N2O/c1-3-29(4-2)25-14-15-26(23-12-8-13-24(27(23)25)28(29)32)31-18-9-17-30(20-21-31)19-16-22-10-6-5-7-11-22/h5-8,10-15H,3-4,9,16-21H2,1-2H3. The molecule has 1 aliphatic heterocycles. The van der Waals surface area contributed by atoms with E-state index in [4.69, 9.17) is 0 Å². The fraction of sp³-hybridized carbons (Fsp3) is 0.414. The Labute approximate surface area is 192 Å². The van der Waals surface area contributed by atoms with Gasteiger partial charge in [0.1, 0.15) is 0 Å². The minimum Gasteiger partial charge on any atom is -0.370 e. The zero-order valence-electron chi connectivity index (χ0n) is 19.4. The molecule has 0 N–H and O–H groups in total. The highest BCUT2D eigenvalue weighted by atomic mass is 16.1. The van der Waals surface area contributed by atoms with Gasteiger partial charge in [-0.05, 0) is 54.8 Å². The average molecular weight is 427 g/mol. The predicted molar refractivity (Wildman–Crippen MR) is 134 cm³/mol. The van der Waals surface area contributed by atoms with Gasteiger partial charge in [0, 0.05) is 42.8 Å². The molecule has 0 amide bonds. The molecule has 5 rings (SSSR count). The van der Waals surface area contributed by atoms with E-state index in [9.17, 15) is 4.79 Å². The Hall–Kier alpha value is -2.65. The van der Waals surface area contributed by atoms with Gasteiger partial charge in [0.05, 0.1) is 5.41 Å². The number of Topliss-reactive ketones (excluding diaryl/α,β-unsaturated/α-hetero) is 1. The third kappa shape index (κ3) is 3.44. The maximum atomic E-state index is 13.4. The molecule has 0 unspecified atom stereocenters. The molecule has 1 heterocycles. The zero-order valence-corrected chi connectivity index (χ0v) is 19.4. The fourth-order valence-electron chi connectivity index (χ4n) is 5.95. The van der Waals surface area contributed by atoms with Crippen LogP contribution in [0, 0.1) is 0 Å². The van der Waals surface area contributed by atoms with Gasteiger partial charge in [-0.2, -0.15) is 0 Å². The lowest BCUT2D eigenvalue weighted by Crippen LogP contribution is -2.32. The second-order valence-corrected chi connectivity index (χ2v) is 9.40. The molecule has 0 atom stereocenters. The third-order valence-electron chi connectivity index (χ3n) is 7.91. The topological polar surface area (TPSA) is 23.6 Å². The Kier molecular flexibility index (Phi) is 5.77. The van der Waals surface area contributed by atoms with Gasteiger partial charge in [0.15, 0.2) is 5.78 Å². The number of nitrogens with zero attached hydrogens (tertiary/aromatic N) is 2. The van der Waals surface area contributed by atoms with Crippen molar-refractivity contribution in [1.82, 2.24) is 4.90 Å². The summed E-state index contributed by atoms with van der Waals surface area (Å²) in [5.41, 5.74) is 4.56. The number of hydrogen-bond acceptors (Lipinski definition) is 3. The van der Waals surface area contributed by atoms with Gasteiger partial charge in [0.2, 0.25) is 0 Å². The van der Waals surface area contributed by atoms with Gasteiger partial charge < -0.3 is 9.80 Å². The summed E-state index contributed by atoms with van der Waals surface area (Å²) in [5.74, 6) is 0.322. The Bertz CT molecular complexity index is 1120. The highest BCUT2D eigenvalue weighted by Gasteiger charge is 2.44. The zero-order chi connectivity index (χ0) is 22.1. The summed E-state index contributed by atoms with van der Waals surface area (Å²) in [6.07, 6.45) is 4.02. The molecule has 1 saturated heterocycles. The minimum absolute atomic E-state index is 0.322. The van der Waals surface area contributed by atoms with Crippen molar-refractivity contribution in [2.45, 2.75) is 44.9 Å². The Morgan fingerprint density at radius 3 is 2.44 bits per heavy atom. The predicted octanol–water partition coefficient (Wildman–Crippen LogP) is 5.85. The molecular formula is C29H34N2O. The number of carbonyl (C=O) groups excluding carboxylic acids is 1. The van der Waals surface area contributed by atoms with Gasteiger partial charge in [0.25, 0.3) is 0 Å². The van der Waals surface area contributed by atoms with Gasteiger partial charge in [-0.3, -0.25) is 4.79 Å². The number of rotatable bonds is 6.